The van der Waals surface area contributed by atoms with Crippen LogP contribution in [-0.4, -0.2) is 13.7 Å². The Bertz CT molecular complexity index is 368. The molecule has 1 unspecified atom stereocenters. The summed E-state index contributed by atoms with van der Waals surface area (Å²) in [6.45, 7) is 2.57. The van der Waals surface area contributed by atoms with Gasteiger partial charge in [0.1, 0.15) is 12.4 Å². The van der Waals surface area contributed by atoms with Crippen LogP contribution in [0.25, 0.3) is 0 Å². The highest BCUT2D eigenvalue weighted by Gasteiger charge is 2.09. The lowest BCUT2D eigenvalue weighted by molar-refractivity contribution is 0.355. The predicted molar refractivity (Wildman–Crippen MR) is 72.1 cm³/mol. The van der Waals surface area contributed by atoms with Crippen LogP contribution in [0, 0.1) is 0 Å². The fourth-order valence-corrected chi connectivity index (χ4v) is 1.73. The average molecular weight is 305 g/mol. The number of hydrogen-bond acceptors (Lipinski definition) is 2. The molecule has 0 bridgehead atoms. The molecule has 0 aliphatic heterocycles. The second kappa shape index (κ2) is 6.94. The molecule has 1 atom stereocenters. The third-order valence-corrected chi connectivity index (χ3v) is 2.97. The Labute approximate surface area is 110 Å². The van der Waals surface area contributed by atoms with Gasteiger partial charge >= 0.3 is 0 Å². The van der Waals surface area contributed by atoms with Gasteiger partial charge in [0.2, 0.25) is 0 Å². The minimum Gasteiger partial charge on any atom is -0.489 e. The number of benzene rings is 1. The quantitative estimate of drug-likeness (QED) is 0.892. The zero-order valence-electron chi connectivity index (χ0n) is 9.34. The first-order valence-corrected chi connectivity index (χ1v) is 6.26. The van der Waals surface area contributed by atoms with Crippen molar-refractivity contribution < 1.29 is 4.74 Å². The van der Waals surface area contributed by atoms with Crippen molar-refractivity contribution in [3.8, 4) is 5.75 Å². The van der Waals surface area contributed by atoms with Crippen LogP contribution < -0.4 is 10.1 Å². The fourth-order valence-electron chi connectivity index (χ4n) is 1.32. The first kappa shape index (κ1) is 13.6. The molecule has 1 N–H and O–H groups in total. The van der Waals surface area contributed by atoms with Crippen LogP contribution in [0.3, 0.4) is 0 Å². The van der Waals surface area contributed by atoms with Crippen LogP contribution in [0.5, 0.6) is 5.75 Å². The molecule has 0 aromatic heterocycles. The molecule has 0 amide bonds. The Morgan fingerprint density at radius 3 is 2.94 bits per heavy atom. The van der Waals surface area contributed by atoms with Gasteiger partial charge in [-0.2, -0.15) is 0 Å². The van der Waals surface area contributed by atoms with E-state index in [0.717, 1.165) is 15.8 Å². The summed E-state index contributed by atoms with van der Waals surface area (Å²) >= 11 is 8.88. The predicted octanol–water partition coefficient (Wildman–Crippen LogP) is 3.86. The molecule has 2 nitrogen and oxygen atoms in total. The zero-order valence-corrected chi connectivity index (χ0v) is 11.7. The van der Waals surface area contributed by atoms with Crippen molar-refractivity contribution in [2.24, 2.45) is 0 Å². The highest BCUT2D eigenvalue weighted by Crippen LogP contribution is 2.28. The molecule has 1 aromatic carbocycles. The average Bonchev–Trinajstić information content (AvgIpc) is 2.29. The van der Waals surface area contributed by atoms with Gasteiger partial charge in [-0.1, -0.05) is 33.6 Å². The lowest BCUT2D eigenvalue weighted by Gasteiger charge is -2.16. The van der Waals surface area contributed by atoms with Crippen LogP contribution in [-0.2, 0) is 0 Å². The minimum atomic E-state index is 0.253. The Morgan fingerprint density at radius 1 is 1.56 bits per heavy atom. The van der Waals surface area contributed by atoms with Gasteiger partial charge in [-0.15, -0.1) is 0 Å². The normalized spacial score (nSPS) is 13.0. The van der Waals surface area contributed by atoms with Gasteiger partial charge in [0.15, 0.2) is 0 Å². The zero-order chi connectivity index (χ0) is 12.0. The van der Waals surface area contributed by atoms with Crippen molar-refractivity contribution in [2.75, 3.05) is 13.7 Å². The standard InChI is InChI=1S/C12H15BrClNO/c1-9(15-2)11-5-4-10(13)8-12(11)16-7-3-6-14/h3-6,8-9,15H,7H2,1-2H3/b6-3+. The number of halogens is 2. The molecule has 0 heterocycles. The van der Waals surface area contributed by atoms with Crippen molar-refractivity contribution >= 4 is 27.5 Å². The molecule has 0 saturated carbocycles. The molecule has 16 heavy (non-hydrogen) atoms. The van der Waals surface area contributed by atoms with E-state index in [0.29, 0.717) is 6.61 Å². The number of nitrogens with one attached hydrogen (secondary N) is 1. The van der Waals surface area contributed by atoms with Crippen molar-refractivity contribution in [1.29, 1.82) is 0 Å². The number of rotatable bonds is 5. The Balaban J connectivity index is 2.89. The van der Waals surface area contributed by atoms with Crippen LogP contribution >= 0.6 is 27.5 Å². The van der Waals surface area contributed by atoms with Crippen molar-refractivity contribution in [1.82, 2.24) is 5.32 Å². The van der Waals surface area contributed by atoms with Gasteiger partial charge in [-0.25, -0.2) is 0 Å². The van der Waals surface area contributed by atoms with Gasteiger partial charge < -0.3 is 10.1 Å². The first-order valence-electron chi connectivity index (χ1n) is 5.03. The van der Waals surface area contributed by atoms with Gasteiger partial charge in [-0.05, 0) is 32.2 Å². The Morgan fingerprint density at radius 2 is 2.31 bits per heavy atom. The lowest BCUT2D eigenvalue weighted by Crippen LogP contribution is -2.13. The van der Waals surface area contributed by atoms with Gasteiger partial charge in [-0.3, -0.25) is 0 Å². The summed E-state index contributed by atoms with van der Waals surface area (Å²) in [6, 6.07) is 6.27. The molecule has 0 spiro atoms. The van der Waals surface area contributed by atoms with E-state index in [4.69, 9.17) is 16.3 Å². The Hall–Kier alpha value is -0.510. The largest absolute Gasteiger partial charge is 0.489 e. The summed E-state index contributed by atoms with van der Waals surface area (Å²) in [7, 11) is 1.93. The van der Waals surface area contributed by atoms with Crippen LogP contribution in [0.4, 0.5) is 0 Å². The molecular weight excluding hydrogens is 289 g/mol. The van der Waals surface area contributed by atoms with E-state index in [9.17, 15) is 0 Å². The van der Waals surface area contributed by atoms with Crippen molar-refractivity contribution in [2.45, 2.75) is 13.0 Å². The summed E-state index contributed by atoms with van der Waals surface area (Å²) in [5.74, 6) is 0.867. The summed E-state index contributed by atoms with van der Waals surface area (Å²) in [5, 5.41) is 3.19. The minimum absolute atomic E-state index is 0.253. The second-order valence-electron chi connectivity index (χ2n) is 3.37. The number of ether oxygens (including phenoxy) is 1. The van der Waals surface area contributed by atoms with E-state index in [-0.39, 0.29) is 6.04 Å². The maximum atomic E-state index is 5.64. The lowest BCUT2D eigenvalue weighted by atomic mass is 10.1. The number of hydrogen-bond donors (Lipinski definition) is 1. The van der Waals surface area contributed by atoms with Gasteiger partial charge in [0, 0.05) is 21.6 Å². The first-order chi connectivity index (χ1) is 7.69. The molecule has 0 radical (unpaired) electrons. The third-order valence-electron chi connectivity index (χ3n) is 2.30. The molecule has 88 valence electrons. The monoisotopic (exact) mass is 303 g/mol. The second-order valence-corrected chi connectivity index (χ2v) is 4.53. The Kier molecular flexibility index (Phi) is 5.88. The molecule has 0 aliphatic rings. The SMILES string of the molecule is CNC(C)c1ccc(Br)cc1OC/C=C/Cl. The van der Waals surface area contributed by atoms with E-state index in [1.165, 1.54) is 5.54 Å². The molecule has 1 rings (SSSR count). The summed E-state index contributed by atoms with van der Waals surface area (Å²) in [5.41, 5.74) is 2.59. The maximum absolute atomic E-state index is 5.64. The molecule has 0 fully saturated rings. The van der Waals surface area contributed by atoms with E-state index in [1.54, 1.807) is 6.08 Å². The topological polar surface area (TPSA) is 21.3 Å². The summed E-state index contributed by atoms with van der Waals surface area (Å²) in [4.78, 5) is 0. The molecule has 4 heteroatoms. The molecule has 1 aromatic rings. The highest BCUT2D eigenvalue weighted by atomic mass is 79.9. The van der Waals surface area contributed by atoms with E-state index in [1.807, 2.05) is 25.2 Å². The van der Waals surface area contributed by atoms with Gasteiger partial charge in [0.25, 0.3) is 0 Å². The van der Waals surface area contributed by atoms with Crippen molar-refractivity contribution in [3.05, 3.63) is 39.8 Å². The third kappa shape index (κ3) is 3.81. The molecule has 0 saturated heterocycles. The summed E-state index contributed by atoms with van der Waals surface area (Å²) in [6.07, 6.45) is 1.76. The van der Waals surface area contributed by atoms with Crippen LogP contribution in [0.2, 0.25) is 0 Å². The van der Waals surface area contributed by atoms with Crippen molar-refractivity contribution in [3.63, 3.8) is 0 Å². The summed E-state index contributed by atoms with van der Waals surface area (Å²) < 4.78 is 6.64. The molecular formula is C12H15BrClNO. The van der Waals surface area contributed by atoms with E-state index in [2.05, 4.69) is 28.2 Å². The van der Waals surface area contributed by atoms with Gasteiger partial charge in [0.05, 0.1) is 0 Å². The van der Waals surface area contributed by atoms with Crippen LogP contribution in [0.1, 0.15) is 18.5 Å². The highest BCUT2D eigenvalue weighted by molar-refractivity contribution is 9.10. The van der Waals surface area contributed by atoms with E-state index >= 15 is 0 Å². The smallest absolute Gasteiger partial charge is 0.125 e. The molecule has 0 aliphatic carbocycles. The fraction of sp³-hybridized carbons (Fsp3) is 0.333. The van der Waals surface area contributed by atoms with E-state index < -0.39 is 0 Å². The maximum Gasteiger partial charge on any atom is 0.125 e. The van der Waals surface area contributed by atoms with Crippen LogP contribution in [0.15, 0.2) is 34.3 Å².